The van der Waals surface area contributed by atoms with Crippen LogP contribution in [0.3, 0.4) is 0 Å². The highest BCUT2D eigenvalue weighted by Gasteiger charge is 2.27. The molecule has 2 aliphatic rings. The number of nitrogens with one attached hydrogen (secondary N) is 1. The lowest BCUT2D eigenvalue weighted by Gasteiger charge is -2.29. The van der Waals surface area contributed by atoms with Crippen LogP contribution in [-0.2, 0) is 9.53 Å². The third kappa shape index (κ3) is 3.19. The number of rotatable bonds is 4. The summed E-state index contributed by atoms with van der Waals surface area (Å²) in [7, 11) is 0. The van der Waals surface area contributed by atoms with Crippen LogP contribution in [0.5, 0.6) is 0 Å². The second kappa shape index (κ2) is 6.09. The van der Waals surface area contributed by atoms with Gasteiger partial charge in [-0.15, -0.1) is 11.3 Å². The lowest BCUT2D eigenvalue weighted by Crippen LogP contribution is -2.46. The summed E-state index contributed by atoms with van der Waals surface area (Å²) in [6, 6.07) is 5.94. The molecule has 122 valence electrons. The first-order valence-corrected chi connectivity index (χ1v) is 9.06. The summed E-state index contributed by atoms with van der Waals surface area (Å²) in [5.74, 6) is 0.821. The number of morpholine rings is 1. The Morgan fingerprint density at radius 2 is 2.17 bits per heavy atom. The van der Waals surface area contributed by atoms with Gasteiger partial charge in [0.2, 0.25) is 5.91 Å². The number of ether oxygens (including phenoxy) is 1. The highest BCUT2D eigenvalue weighted by Crippen LogP contribution is 2.43. The monoisotopic (exact) mass is 331 g/mol. The molecule has 1 aliphatic carbocycles. The maximum absolute atomic E-state index is 12.5. The highest BCUT2D eigenvalue weighted by atomic mass is 32.1. The number of carbonyl (C=O) groups is 1. The smallest absolute Gasteiger partial charge is 0.244 e. The van der Waals surface area contributed by atoms with Gasteiger partial charge in [0.25, 0.3) is 0 Å². The van der Waals surface area contributed by atoms with Crippen molar-refractivity contribution in [3.8, 4) is 0 Å². The summed E-state index contributed by atoms with van der Waals surface area (Å²) in [4.78, 5) is 19.0. The second-order valence-electron chi connectivity index (χ2n) is 6.31. The second-order valence-corrected chi connectivity index (χ2v) is 7.37. The van der Waals surface area contributed by atoms with E-state index in [0.29, 0.717) is 32.2 Å². The number of anilines is 1. The van der Waals surface area contributed by atoms with E-state index in [2.05, 4.69) is 11.4 Å². The van der Waals surface area contributed by atoms with E-state index in [-0.39, 0.29) is 11.9 Å². The van der Waals surface area contributed by atoms with Crippen molar-refractivity contribution in [1.29, 1.82) is 0 Å². The number of amides is 1. The van der Waals surface area contributed by atoms with E-state index < -0.39 is 0 Å². The summed E-state index contributed by atoms with van der Waals surface area (Å²) in [6.07, 6.45) is 2.55. The van der Waals surface area contributed by atoms with Crippen LogP contribution in [0, 0.1) is 0 Å². The van der Waals surface area contributed by atoms with Gasteiger partial charge in [-0.3, -0.25) is 4.79 Å². The van der Waals surface area contributed by atoms with E-state index in [1.807, 2.05) is 24.0 Å². The fourth-order valence-electron chi connectivity index (χ4n) is 2.91. The van der Waals surface area contributed by atoms with Gasteiger partial charge in [-0.2, -0.15) is 0 Å². The Labute approximate surface area is 139 Å². The standard InChI is InChI=1S/C17H21N3O2S/c1-11(17(21)20-6-8-22-9-7-20)18-13-4-5-14-15(10-13)23-16(19-14)12-2-3-12/h4-5,10-12,18H,2-3,6-9H2,1H3/t11-/m0/s1. The minimum absolute atomic E-state index is 0.136. The zero-order chi connectivity index (χ0) is 15.8. The molecule has 5 nitrogen and oxygen atoms in total. The van der Waals surface area contributed by atoms with Crippen molar-refractivity contribution >= 4 is 33.1 Å². The van der Waals surface area contributed by atoms with Gasteiger partial charge in [0.05, 0.1) is 28.4 Å². The summed E-state index contributed by atoms with van der Waals surface area (Å²) in [5, 5.41) is 4.59. The molecule has 2 fully saturated rings. The Morgan fingerprint density at radius 3 is 2.91 bits per heavy atom. The molecule has 1 saturated heterocycles. The van der Waals surface area contributed by atoms with Crippen LogP contribution >= 0.6 is 11.3 Å². The molecular formula is C17H21N3O2S. The first-order chi connectivity index (χ1) is 11.2. The third-order valence-electron chi connectivity index (χ3n) is 4.41. The van der Waals surface area contributed by atoms with Crippen LogP contribution < -0.4 is 5.32 Å². The SMILES string of the molecule is C[C@H](Nc1ccc2nc(C3CC3)sc2c1)C(=O)N1CCOCC1. The number of thiazole rings is 1. The molecule has 1 aliphatic heterocycles. The molecule has 1 aromatic heterocycles. The maximum atomic E-state index is 12.5. The molecule has 0 bridgehead atoms. The molecule has 2 aromatic rings. The van der Waals surface area contributed by atoms with Crippen molar-refractivity contribution in [3.63, 3.8) is 0 Å². The van der Waals surface area contributed by atoms with Crippen LogP contribution in [0.2, 0.25) is 0 Å². The molecule has 4 rings (SSSR count). The number of benzene rings is 1. The Hall–Kier alpha value is -1.66. The summed E-state index contributed by atoms with van der Waals surface area (Å²) >= 11 is 1.78. The van der Waals surface area contributed by atoms with Crippen LogP contribution in [0.1, 0.15) is 30.7 Å². The Bertz CT molecular complexity index is 720. The van der Waals surface area contributed by atoms with Crippen LogP contribution in [0.4, 0.5) is 5.69 Å². The highest BCUT2D eigenvalue weighted by molar-refractivity contribution is 7.18. The predicted molar refractivity (Wildman–Crippen MR) is 92.1 cm³/mol. The van der Waals surface area contributed by atoms with Crippen molar-refractivity contribution in [1.82, 2.24) is 9.88 Å². The molecule has 0 radical (unpaired) electrons. The summed E-state index contributed by atoms with van der Waals surface area (Å²) in [6.45, 7) is 4.56. The molecule has 1 saturated carbocycles. The molecule has 1 aromatic carbocycles. The van der Waals surface area contributed by atoms with Crippen molar-refractivity contribution in [2.75, 3.05) is 31.6 Å². The lowest BCUT2D eigenvalue weighted by atomic mass is 10.2. The van der Waals surface area contributed by atoms with Crippen LogP contribution in [-0.4, -0.2) is 48.1 Å². The first kappa shape index (κ1) is 14.9. The average Bonchev–Trinajstić information content (AvgIpc) is 3.34. The van der Waals surface area contributed by atoms with Crippen LogP contribution in [0.15, 0.2) is 18.2 Å². The normalized spacial score (nSPS) is 19.8. The predicted octanol–water partition coefficient (Wildman–Crippen LogP) is 2.83. The zero-order valence-corrected chi connectivity index (χ0v) is 14.1. The Kier molecular flexibility index (Phi) is 3.95. The molecule has 23 heavy (non-hydrogen) atoms. The summed E-state index contributed by atoms with van der Waals surface area (Å²) in [5.41, 5.74) is 2.05. The third-order valence-corrected chi connectivity index (χ3v) is 5.59. The van der Waals surface area contributed by atoms with Crippen molar-refractivity contribution in [3.05, 3.63) is 23.2 Å². The van der Waals surface area contributed by atoms with Crippen molar-refractivity contribution in [2.24, 2.45) is 0 Å². The number of nitrogens with zero attached hydrogens (tertiary/aromatic N) is 2. The molecule has 1 amide bonds. The van der Waals surface area contributed by atoms with Crippen LogP contribution in [0.25, 0.3) is 10.2 Å². The molecule has 1 atom stereocenters. The lowest BCUT2D eigenvalue weighted by molar-refractivity contribution is -0.135. The number of hydrogen-bond donors (Lipinski definition) is 1. The minimum Gasteiger partial charge on any atom is -0.378 e. The Morgan fingerprint density at radius 1 is 1.39 bits per heavy atom. The fourth-order valence-corrected chi connectivity index (χ4v) is 4.08. The average molecular weight is 331 g/mol. The fraction of sp³-hybridized carbons (Fsp3) is 0.529. The molecule has 0 unspecified atom stereocenters. The minimum atomic E-state index is -0.235. The van der Waals surface area contributed by atoms with Gasteiger partial charge in [0.15, 0.2) is 0 Å². The molecule has 6 heteroatoms. The van der Waals surface area contributed by atoms with Gasteiger partial charge in [0.1, 0.15) is 6.04 Å². The number of fused-ring (bicyclic) bond motifs is 1. The molecule has 1 N–H and O–H groups in total. The van der Waals surface area contributed by atoms with Gasteiger partial charge in [0, 0.05) is 24.7 Å². The van der Waals surface area contributed by atoms with E-state index in [4.69, 9.17) is 9.72 Å². The molecular weight excluding hydrogens is 310 g/mol. The van der Waals surface area contributed by atoms with E-state index >= 15 is 0 Å². The van der Waals surface area contributed by atoms with Gasteiger partial charge < -0.3 is 15.0 Å². The molecule has 2 heterocycles. The van der Waals surface area contributed by atoms with E-state index in [1.54, 1.807) is 11.3 Å². The topological polar surface area (TPSA) is 54.5 Å². The number of hydrogen-bond acceptors (Lipinski definition) is 5. The van der Waals surface area contributed by atoms with E-state index in [0.717, 1.165) is 11.2 Å². The molecule has 0 spiro atoms. The maximum Gasteiger partial charge on any atom is 0.244 e. The van der Waals surface area contributed by atoms with E-state index in [9.17, 15) is 4.79 Å². The van der Waals surface area contributed by atoms with Gasteiger partial charge in [-0.1, -0.05) is 0 Å². The zero-order valence-electron chi connectivity index (χ0n) is 13.2. The summed E-state index contributed by atoms with van der Waals surface area (Å²) < 4.78 is 6.50. The van der Waals surface area contributed by atoms with Gasteiger partial charge in [-0.25, -0.2) is 4.98 Å². The quantitative estimate of drug-likeness (QED) is 0.936. The van der Waals surface area contributed by atoms with Crippen molar-refractivity contribution in [2.45, 2.75) is 31.7 Å². The number of aromatic nitrogens is 1. The first-order valence-electron chi connectivity index (χ1n) is 8.24. The van der Waals surface area contributed by atoms with Crippen molar-refractivity contribution < 1.29 is 9.53 Å². The number of carbonyl (C=O) groups excluding carboxylic acids is 1. The van der Waals surface area contributed by atoms with E-state index in [1.165, 1.54) is 22.5 Å². The van der Waals surface area contributed by atoms with Gasteiger partial charge >= 0.3 is 0 Å². The van der Waals surface area contributed by atoms with Gasteiger partial charge in [-0.05, 0) is 38.0 Å². The Balaban J connectivity index is 1.46. The largest absolute Gasteiger partial charge is 0.378 e.